The smallest absolute Gasteiger partial charge is 0.408 e. The molecule has 3 fully saturated rings. The van der Waals surface area contributed by atoms with E-state index >= 15 is 0 Å². The Kier molecular flexibility index (Phi) is 4.82. The molecule has 0 aromatic heterocycles. The first-order valence-corrected chi connectivity index (χ1v) is 12.9. The van der Waals surface area contributed by atoms with Crippen LogP contribution in [-0.2, 0) is 11.8 Å². The van der Waals surface area contributed by atoms with Crippen LogP contribution in [0.2, 0.25) is 0 Å². The van der Waals surface area contributed by atoms with Crippen molar-refractivity contribution in [3.8, 4) is 11.5 Å². The number of phenols is 1. The third-order valence-corrected chi connectivity index (χ3v) is 9.96. The summed E-state index contributed by atoms with van der Waals surface area (Å²) < 4.78 is 6.60. The van der Waals surface area contributed by atoms with Gasteiger partial charge in [-0.2, -0.15) is 0 Å². The number of amides is 1. The third-order valence-electron chi connectivity index (χ3n) is 9.96. The lowest BCUT2D eigenvalue weighted by atomic mass is 9.48. The first-order valence-electron chi connectivity index (χ1n) is 12.9. The van der Waals surface area contributed by atoms with Gasteiger partial charge in [-0.1, -0.05) is 31.4 Å². The molecule has 7 nitrogen and oxygen atoms in total. The number of ether oxygens (including phenoxy) is 1. The quantitative estimate of drug-likeness (QED) is 0.582. The molecule has 2 bridgehead atoms. The predicted molar refractivity (Wildman–Crippen MR) is 127 cm³/mol. The van der Waals surface area contributed by atoms with Crippen LogP contribution < -0.4 is 4.74 Å². The fourth-order valence-electron chi connectivity index (χ4n) is 8.58. The van der Waals surface area contributed by atoms with Gasteiger partial charge in [0.25, 0.3) is 0 Å². The summed E-state index contributed by atoms with van der Waals surface area (Å²) in [6.45, 7) is 7.50. The van der Waals surface area contributed by atoms with Crippen molar-refractivity contribution in [3.63, 3.8) is 0 Å². The SMILES string of the molecule is C=CCN1CC[C@]23c4c5ccc(O)c4O[C@H]2[C@@H](N(C(=O)O)C2(C)CCCCC2)CC[C@@]3(O)[C@H]1C5. The molecule has 1 saturated heterocycles. The highest BCUT2D eigenvalue weighted by molar-refractivity contribution is 5.68. The lowest BCUT2D eigenvalue weighted by Gasteiger charge is -2.65. The van der Waals surface area contributed by atoms with Crippen molar-refractivity contribution in [2.24, 2.45) is 0 Å². The number of carbonyl (C=O) groups is 1. The summed E-state index contributed by atoms with van der Waals surface area (Å²) in [4.78, 5) is 16.8. The van der Waals surface area contributed by atoms with Crippen LogP contribution in [0.3, 0.4) is 0 Å². The summed E-state index contributed by atoms with van der Waals surface area (Å²) in [5.41, 5.74) is -0.178. The third kappa shape index (κ3) is 2.63. The molecule has 2 aliphatic heterocycles. The number of rotatable bonds is 4. The van der Waals surface area contributed by atoms with Crippen LogP contribution in [0.1, 0.15) is 69.4 Å². The summed E-state index contributed by atoms with van der Waals surface area (Å²) in [5.74, 6) is 0.545. The molecular formula is C27H36N2O5. The van der Waals surface area contributed by atoms with Crippen LogP contribution in [0.4, 0.5) is 4.79 Å². The lowest BCUT2D eigenvalue weighted by molar-refractivity contribution is -0.201. The number of phenolic OH excluding ortho intramolecular Hbond substituents is 1. The highest BCUT2D eigenvalue weighted by Gasteiger charge is 2.74. The Hall–Kier alpha value is -2.25. The number of benzene rings is 1. The van der Waals surface area contributed by atoms with Gasteiger partial charge in [-0.15, -0.1) is 6.58 Å². The Labute approximate surface area is 201 Å². The zero-order chi connectivity index (χ0) is 23.9. The molecule has 3 N–H and O–H groups in total. The normalized spacial score (nSPS) is 37.4. The predicted octanol–water partition coefficient (Wildman–Crippen LogP) is 3.80. The Balaban J connectivity index is 1.51. The van der Waals surface area contributed by atoms with E-state index in [0.29, 0.717) is 38.0 Å². The molecular weight excluding hydrogens is 432 g/mol. The van der Waals surface area contributed by atoms with Crippen molar-refractivity contribution < 1.29 is 24.9 Å². The van der Waals surface area contributed by atoms with E-state index in [9.17, 15) is 20.1 Å². The van der Waals surface area contributed by atoms with Crippen LogP contribution in [0.25, 0.3) is 0 Å². The van der Waals surface area contributed by atoms with Gasteiger partial charge in [-0.3, -0.25) is 9.80 Å². The number of nitrogens with zero attached hydrogens (tertiary/aromatic N) is 2. The number of hydrogen-bond acceptors (Lipinski definition) is 5. The second-order valence-corrected chi connectivity index (χ2v) is 11.5. The molecule has 34 heavy (non-hydrogen) atoms. The molecule has 1 aromatic rings. The van der Waals surface area contributed by atoms with Gasteiger partial charge >= 0.3 is 6.09 Å². The molecule has 1 aromatic carbocycles. The number of carboxylic acid groups (broad SMARTS) is 1. The maximum absolute atomic E-state index is 12.8. The summed E-state index contributed by atoms with van der Waals surface area (Å²) >= 11 is 0. The first-order chi connectivity index (χ1) is 16.3. The fourth-order valence-corrected chi connectivity index (χ4v) is 8.58. The van der Waals surface area contributed by atoms with E-state index in [1.54, 1.807) is 11.0 Å². The van der Waals surface area contributed by atoms with E-state index in [2.05, 4.69) is 18.4 Å². The van der Waals surface area contributed by atoms with Crippen LogP contribution in [-0.4, -0.2) is 73.6 Å². The summed E-state index contributed by atoms with van der Waals surface area (Å²) in [5, 5.41) is 33.8. The van der Waals surface area contributed by atoms with Crippen LogP contribution in [0.15, 0.2) is 24.8 Å². The van der Waals surface area contributed by atoms with Crippen LogP contribution in [0, 0.1) is 0 Å². The number of piperidine rings is 1. The lowest BCUT2D eigenvalue weighted by Crippen LogP contribution is -2.79. The summed E-state index contributed by atoms with van der Waals surface area (Å²) in [7, 11) is 0. The Morgan fingerprint density at radius 1 is 1.26 bits per heavy atom. The molecule has 7 heteroatoms. The number of aromatic hydroxyl groups is 1. The van der Waals surface area contributed by atoms with E-state index in [0.717, 1.165) is 49.8 Å². The minimum atomic E-state index is -1.04. The van der Waals surface area contributed by atoms with E-state index < -0.39 is 28.8 Å². The molecule has 1 spiro atoms. The van der Waals surface area contributed by atoms with Crippen molar-refractivity contribution in [3.05, 3.63) is 35.9 Å². The maximum Gasteiger partial charge on any atom is 0.408 e. The number of likely N-dealkylation sites (tertiary alicyclic amines) is 1. The monoisotopic (exact) mass is 468 g/mol. The second-order valence-electron chi connectivity index (χ2n) is 11.5. The minimum Gasteiger partial charge on any atom is -0.504 e. The van der Waals surface area contributed by atoms with E-state index in [1.807, 2.05) is 12.1 Å². The van der Waals surface area contributed by atoms with Gasteiger partial charge in [0.2, 0.25) is 0 Å². The average Bonchev–Trinajstić information content (AvgIpc) is 3.15. The Morgan fingerprint density at radius 2 is 2.03 bits per heavy atom. The van der Waals surface area contributed by atoms with Crippen molar-refractivity contribution in [2.45, 2.75) is 99.5 Å². The van der Waals surface area contributed by atoms with Crippen molar-refractivity contribution in [2.75, 3.05) is 13.1 Å². The Bertz CT molecular complexity index is 1040. The Morgan fingerprint density at radius 3 is 2.74 bits per heavy atom. The van der Waals surface area contributed by atoms with Gasteiger partial charge < -0.3 is 20.1 Å². The zero-order valence-corrected chi connectivity index (χ0v) is 20.0. The molecule has 6 rings (SSSR count). The maximum atomic E-state index is 12.8. The molecule has 184 valence electrons. The average molecular weight is 469 g/mol. The number of hydrogen-bond donors (Lipinski definition) is 3. The van der Waals surface area contributed by atoms with Gasteiger partial charge in [-0.05, 0) is 63.6 Å². The van der Waals surface area contributed by atoms with Gasteiger partial charge in [0, 0.05) is 23.7 Å². The molecule has 3 aliphatic carbocycles. The van der Waals surface area contributed by atoms with E-state index in [-0.39, 0.29) is 17.8 Å². The summed E-state index contributed by atoms with van der Waals surface area (Å²) in [6.07, 6.45) is 7.78. The van der Waals surface area contributed by atoms with Gasteiger partial charge in [0.15, 0.2) is 11.5 Å². The largest absolute Gasteiger partial charge is 0.504 e. The van der Waals surface area contributed by atoms with Crippen molar-refractivity contribution in [1.29, 1.82) is 0 Å². The highest BCUT2D eigenvalue weighted by atomic mass is 16.5. The molecule has 0 unspecified atom stereocenters. The fraction of sp³-hybridized carbons (Fsp3) is 0.667. The van der Waals surface area contributed by atoms with Gasteiger partial charge in [0.1, 0.15) is 6.10 Å². The van der Waals surface area contributed by atoms with E-state index in [1.165, 1.54) is 0 Å². The molecule has 2 saturated carbocycles. The zero-order valence-electron chi connectivity index (χ0n) is 20.0. The highest BCUT2D eigenvalue weighted by Crippen LogP contribution is 2.66. The van der Waals surface area contributed by atoms with Crippen LogP contribution in [0.5, 0.6) is 11.5 Å². The van der Waals surface area contributed by atoms with Crippen molar-refractivity contribution in [1.82, 2.24) is 9.80 Å². The molecule has 0 radical (unpaired) electrons. The standard InChI is InChI=1S/C27H36N2O5/c1-3-14-28-15-13-26-21-17-7-8-19(30)22(21)34-23(26)18(9-12-27(26,33)20(28)16-17)29(24(31)32)25(2)10-5-4-6-11-25/h3,7-8,18,20,23,30,33H,1,4-6,9-16H2,2H3,(H,31,32)/t18-,20+,23-,26-,27+/m0/s1. The molecule has 2 heterocycles. The van der Waals surface area contributed by atoms with E-state index in [4.69, 9.17) is 4.74 Å². The van der Waals surface area contributed by atoms with Crippen molar-refractivity contribution >= 4 is 6.09 Å². The molecule has 5 atom stereocenters. The first kappa shape index (κ1) is 22.2. The number of aliphatic hydroxyl groups is 1. The molecule has 1 amide bonds. The molecule has 5 aliphatic rings. The second kappa shape index (κ2) is 7.37. The minimum absolute atomic E-state index is 0.0846. The van der Waals surface area contributed by atoms with Crippen LogP contribution >= 0.6 is 0 Å². The summed E-state index contributed by atoms with van der Waals surface area (Å²) in [6, 6.07) is 3.20. The van der Waals surface area contributed by atoms with Gasteiger partial charge in [-0.25, -0.2) is 4.79 Å². The topological polar surface area (TPSA) is 93.5 Å². The van der Waals surface area contributed by atoms with Gasteiger partial charge in [0.05, 0.1) is 17.1 Å².